The monoisotopic (exact) mass is 523 g/mol. The normalized spacial score (nSPS) is 10.5. The lowest BCUT2D eigenvalue weighted by atomic mass is 10.2. The van der Waals surface area contributed by atoms with E-state index >= 15 is 0 Å². The second-order valence-electron chi connectivity index (χ2n) is 7.32. The predicted molar refractivity (Wildman–Crippen MR) is 137 cm³/mol. The highest BCUT2D eigenvalue weighted by Gasteiger charge is 2.13. The number of ether oxygens (including phenoxy) is 3. The molecule has 4 aromatic carbocycles. The van der Waals surface area contributed by atoms with Crippen molar-refractivity contribution < 1.29 is 14.2 Å². The molecule has 0 aromatic heterocycles. The molecule has 0 bridgehead atoms. The Balaban J connectivity index is 1.38. The van der Waals surface area contributed by atoms with Crippen molar-refractivity contribution in [2.24, 2.45) is 0 Å². The molecular weight excluding hydrogens is 502 g/mol. The molecule has 0 saturated carbocycles. The number of hydrogen-bond acceptors (Lipinski definition) is 4. The van der Waals surface area contributed by atoms with E-state index < -0.39 is 0 Å². The molecule has 4 nitrogen and oxygen atoms in total. The van der Waals surface area contributed by atoms with Crippen molar-refractivity contribution in [3.63, 3.8) is 0 Å². The molecule has 0 aliphatic heterocycles. The third-order valence-electron chi connectivity index (χ3n) is 4.92. The van der Waals surface area contributed by atoms with E-state index in [1.54, 1.807) is 7.11 Å². The van der Waals surface area contributed by atoms with E-state index in [0.717, 1.165) is 32.8 Å². The van der Waals surface area contributed by atoms with Crippen molar-refractivity contribution >= 4 is 33.2 Å². The Hall–Kier alpha value is -3.15. The molecule has 0 spiro atoms. The smallest absolute Gasteiger partial charge is 0.180 e. The first-order chi connectivity index (χ1) is 16.1. The molecule has 0 atom stereocenters. The number of methoxy groups -OCH3 is 1. The van der Waals surface area contributed by atoms with Gasteiger partial charge in [0.15, 0.2) is 11.5 Å². The maximum atomic E-state index is 6.53. The van der Waals surface area contributed by atoms with Crippen LogP contribution in [-0.4, -0.2) is 7.11 Å². The van der Waals surface area contributed by atoms with Crippen LogP contribution >= 0.6 is 27.5 Å². The standard InChI is InChI=1S/C27H23BrClNO3/c1-31-26-16-20(15-25(29)27(26)32-18-19-7-9-21(28)10-8-19)17-30-22-11-13-24(14-12-22)33-23-5-3-2-4-6-23/h2-16,30H,17-18H2,1H3. The van der Waals surface area contributed by atoms with Gasteiger partial charge in [-0.05, 0) is 71.8 Å². The number of para-hydroxylation sites is 1. The molecule has 0 unspecified atom stereocenters. The largest absolute Gasteiger partial charge is 0.493 e. The Morgan fingerprint density at radius 2 is 1.52 bits per heavy atom. The van der Waals surface area contributed by atoms with Crippen LogP contribution in [0.3, 0.4) is 0 Å². The summed E-state index contributed by atoms with van der Waals surface area (Å²) < 4.78 is 18.4. The molecule has 0 saturated heterocycles. The molecule has 33 heavy (non-hydrogen) atoms. The molecule has 0 aliphatic rings. The van der Waals surface area contributed by atoms with Gasteiger partial charge in [-0.1, -0.05) is 57.9 Å². The summed E-state index contributed by atoms with van der Waals surface area (Å²) in [6, 6.07) is 29.3. The van der Waals surface area contributed by atoms with Gasteiger partial charge in [0.1, 0.15) is 18.1 Å². The number of halogens is 2. The summed E-state index contributed by atoms with van der Waals surface area (Å²) in [4.78, 5) is 0. The fraction of sp³-hybridized carbons (Fsp3) is 0.111. The molecule has 0 amide bonds. The van der Waals surface area contributed by atoms with Gasteiger partial charge in [0.05, 0.1) is 12.1 Å². The second kappa shape index (κ2) is 11.1. The topological polar surface area (TPSA) is 39.7 Å². The van der Waals surface area contributed by atoms with Gasteiger partial charge in [0.25, 0.3) is 0 Å². The predicted octanol–water partition coefficient (Wildman–Crippen LogP) is 8.09. The minimum absolute atomic E-state index is 0.401. The van der Waals surface area contributed by atoms with Gasteiger partial charge in [-0.3, -0.25) is 0 Å². The van der Waals surface area contributed by atoms with Gasteiger partial charge in [-0.15, -0.1) is 0 Å². The molecular formula is C27H23BrClNO3. The fourth-order valence-electron chi connectivity index (χ4n) is 3.22. The zero-order chi connectivity index (χ0) is 23.0. The molecule has 0 heterocycles. The maximum absolute atomic E-state index is 6.53. The number of benzene rings is 4. The Morgan fingerprint density at radius 3 is 2.21 bits per heavy atom. The number of hydrogen-bond donors (Lipinski definition) is 1. The Morgan fingerprint density at radius 1 is 0.818 bits per heavy atom. The van der Waals surface area contributed by atoms with E-state index in [-0.39, 0.29) is 0 Å². The molecule has 168 valence electrons. The van der Waals surface area contributed by atoms with Crippen molar-refractivity contribution in [2.75, 3.05) is 12.4 Å². The summed E-state index contributed by atoms with van der Waals surface area (Å²) in [5, 5.41) is 3.91. The van der Waals surface area contributed by atoms with Crippen molar-refractivity contribution in [1.29, 1.82) is 0 Å². The number of anilines is 1. The molecule has 0 aliphatic carbocycles. The van der Waals surface area contributed by atoms with E-state index in [1.807, 2.05) is 91.0 Å². The zero-order valence-corrected chi connectivity index (χ0v) is 20.4. The summed E-state index contributed by atoms with van der Waals surface area (Å²) in [5.41, 5.74) is 3.00. The van der Waals surface area contributed by atoms with Crippen LogP contribution in [0.5, 0.6) is 23.0 Å². The Bertz CT molecular complexity index is 1180. The van der Waals surface area contributed by atoms with Crippen molar-refractivity contribution in [2.45, 2.75) is 13.2 Å². The van der Waals surface area contributed by atoms with Crippen LogP contribution < -0.4 is 19.5 Å². The van der Waals surface area contributed by atoms with Crippen LogP contribution in [0, 0.1) is 0 Å². The molecule has 0 fully saturated rings. The van der Waals surface area contributed by atoms with Gasteiger partial charge >= 0.3 is 0 Å². The number of rotatable bonds is 9. The van der Waals surface area contributed by atoms with E-state index in [2.05, 4.69) is 21.2 Å². The van der Waals surface area contributed by atoms with Gasteiger partial charge in [-0.2, -0.15) is 0 Å². The average Bonchev–Trinajstić information content (AvgIpc) is 2.84. The van der Waals surface area contributed by atoms with Gasteiger partial charge in [0.2, 0.25) is 0 Å². The van der Waals surface area contributed by atoms with Crippen LogP contribution in [0.15, 0.2) is 95.5 Å². The van der Waals surface area contributed by atoms with E-state index in [9.17, 15) is 0 Å². The van der Waals surface area contributed by atoms with Crippen LogP contribution in [0.4, 0.5) is 5.69 Å². The van der Waals surface area contributed by atoms with E-state index in [1.165, 1.54) is 0 Å². The van der Waals surface area contributed by atoms with Gasteiger partial charge in [-0.25, -0.2) is 0 Å². The highest BCUT2D eigenvalue weighted by Crippen LogP contribution is 2.37. The average molecular weight is 525 g/mol. The third kappa shape index (κ3) is 6.44. The van der Waals surface area contributed by atoms with E-state index in [0.29, 0.717) is 29.7 Å². The SMILES string of the molecule is COc1cc(CNc2ccc(Oc3ccccc3)cc2)cc(Cl)c1OCc1ccc(Br)cc1. The first-order valence-corrected chi connectivity index (χ1v) is 11.6. The lowest BCUT2D eigenvalue weighted by molar-refractivity contribution is 0.284. The number of nitrogens with one attached hydrogen (secondary N) is 1. The minimum Gasteiger partial charge on any atom is -0.493 e. The maximum Gasteiger partial charge on any atom is 0.180 e. The summed E-state index contributed by atoms with van der Waals surface area (Å²) in [5.74, 6) is 2.72. The molecule has 4 rings (SSSR count). The molecule has 4 aromatic rings. The van der Waals surface area contributed by atoms with E-state index in [4.69, 9.17) is 25.8 Å². The summed E-state index contributed by atoms with van der Waals surface area (Å²) in [7, 11) is 1.61. The summed E-state index contributed by atoms with van der Waals surface area (Å²) in [6.07, 6.45) is 0. The first kappa shape index (κ1) is 23.0. The van der Waals surface area contributed by atoms with Crippen molar-refractivity contribution in [1.82, 2.24) is 0 Å². The summed E-state index contributed by atoms with van der Waals surface area (Å²) in [6.45, 7) is 0.986. The highest BCUT2D eigenvalue weighted by molar-refractivity contribution is 9.10. The zero-order valence-electron chi connectivity index (χ0n) is 18.1. The molecule has 6 heteroatoms. The molecule has 1 N–H and O–H groups in total. The lowest BCUT2D eigenvalue weighted by Gasteiger charge is -2.15. The molecule has 0 radical (unpaired) electrons. The quantitative estimate of drug-likeness (QED) is 0.240. The highest BCUT2D eigenvalue weighted by atomic mass is 79.9. The van der Waals surface area contributed by atoms with Gasteiger partial charge in [0, 0.05) is 16.7 Å². The van der Waals surface area contributed by atoms with Gasteiger partial charge < -0.3 is 19.5 Å². The minimum atomic E-state index is 0.401. The fourth-order valence-corrected chi connectivity index (χ4v) is 3.77. The third-order valence-corrected chi connectivity index (χ3v) is 5.72. The van der Waals surface area contributed by atoms with Crippen LogP contribution in [0.2, 0.25) is 5.02 Å². The Kier molecular flexibility index (Phi) is 7.76. The van der Waals surface area contributed by atoms with Crippen LogP contribution in [0.25, 0.3) is 0 Å². The summed E-state index contributed by atoms with van der Waals surface area (Å²) >= 11 is 9.97. The first-order valence-electron chi connectivity index (χ1n) is 10.4. The Labute approximate surface area is 207 Å². The lowest BCUT2D eigenvalue weighted by Crippen LogP contribution is -2.02. The van der Waals surface area contributed by atoms with Crippen LogP contribution in [0.1, 0.15) is 11.1 Å². The van der Waals surface area contributed by atoms with Crippen LogP contribution in [-0.2, 0) is 13.2 Å². The van der Waals surface area contributed by atoms with Crippen molar-refractivity contribution in [3.8, 4) is 23.0 Å². The van der Waals surface area contributed by atoms with Crippen molar-refractivity contribution in [3.05, 3.63) is 112 Å². The second-order valence-corrected chi connectivity index (χ2v) is 8.64.